The second-order valence-electron chi connectivity index (χ2n) is 9.19. The van der Waals surface area contributed by atoms with E-state index in [-0.39, 0.29) is 17.4 Å². The summed E-state index contributed by atoms with van der Waals surface area (Å²) in [6.07, 6.45) is 8.90. The van der Waals surface area contributed by atoms with Crippen LogP contribution in [0.2, 0.25) is 0 Å². The Balaban J connectivity index is 1.48. The molecule has 0 unspecified atom stereocenters. The zero-order chi connectivity index (χ0) is 20.7. The first-order valence-electron chi connectivity index (χ1n) is 11.3. The number of carbonyl (C=O) groups excluding carboxylic acids is 1. The summed E-state index contributed by atoms with van der Waals surface area (Å²) < 4.78 is 2.00. The molecule has 158 valence electrons. The van der Waals surface area contributed by atoms with Crippen molar-refractivity contribution < 1.29 is 4.79 Å². The van der Waals surface area contributed by atoms with E-state index in [2.05, 4.69) is 35.4 Å². The van der Waals surface area contributed by atoms with Crippen molar-refractivity contribution in [1.29, 1.82) is 0 Å². The number of likely N-dealkylation sites (tertiary alicyclic amines) is 1. The molecule has 5 heteroatoms. The van der Waals surface area contributed by atoms with Crippen molar-refractivity contribution in [3.63, 3.8) is 0 Å². The summed E-state index contributed by atoms with van der Waals surface area (Å²) in [6, 6.07) is 12.3. The van der Waals surface area contributed by atoms with Gasteiger partial charge in [-0.2, -0.15) is 0 Å². The zero-order valence-electron chi connectivity index (χ0n) is 17.7. The van der Waals surface area contributed by atoms with Crippen LogP contribution in [0.5, 0.6) is 0 Å². The number of benzene rings is 1. The average Bonchev–Trinajstić information content (AvgIpc) is 2.80. The van der Waals surface area contributed by atoms with Crippen LogP contribution in [0.3, 0.4) is 0 Å². The Labute approximate surface area is 182 Å². The minimum Gasteiger partial charge on any atom is -0.341 e. The molecular formula is C25H30N2O2S. The molecule has 2 bridgehead atoms. The van der Waals surface area contributed by atoms with Crippen molar-refractivity contribution in [2.75, 3.05) is 19.3 Å². The molecular weight excluding hydrogens is 392 g/mol. The molecule has 5 rings (SSSR count). The maximum Gasteiger partial charge on any atom is 0.250 e. The number of hydrogen-bond acceptors (Lipinski definition) is 3. The summed E-state index contributed by atoms with van der Waals surface area (Å²) in [4.78, 5) is 29.3. The van der Waals surface area contributed by atoms with Crippen molar-refractivity contribution in [3.8, 4) is 11.1 Å². The van der Waals surface area contributed by atoms with E-state index in [9.17, 15) is 9.59 Å². The molecule has 1 saturated heterocycles. The van der Waals surface area contributed by atoms with E-state index in [1.807, 2.05) is 10.6 Å². The predicted octanol–water partition coefficient (Wildman–Crippen LogP) is 4.76. The number of nitrogens with zero attached hydrogens (tertiary/aromatic N) is 2. The van der Waals surface area contributed by atoms with Crippen LogP contribution in [0.15, 0.2) is 46.1 Å². The fourth-order valence-electron chi connectivity index (χ4n) is 5.82. The SMILES string of the molecule is CSc1ccc(-c2ccc(=O)n3c2[C@H]2C[C@@H](CN(C(=O)C4CCCCC4)C2)C3)cc1. The van der Waals surface area contributed by atoms with Gasteiger partial charge in [-0.1, -0.05) is 31.4 Å². The Bertz CT molecular complexity index is 991. The van der Waals surface area contributed by atoms with Crippen LogP contribution < -0.4 is 5.56 Å². The zero-order valence-corrected chi connectivity index (χ0v) is 18.5. The molecule has 3 heterocycles. The van der Waals surface area contributed by atoms with Crippen LogP contribution in [-0.2, 0) is 11.3 Å². The minimum absolute atomic E-state index is 0.0937. The lowest BCUT2D eigenvalue weighted by Crippen LogP contribution is -2.51. The first-order valence-corrected chi connectivity index (χ1v) is 12.5. The highest BCUT2D eigenvalue weighted by Crippen LogP contribution is 2.41. The fourth-order valence-corrected chi connectivity index (χ4v) is 6.23. The van der Waals surface area contributed by atoms with E-state index in [0.717, 1.165) is 55.7 Å². The van der Waals surface area contributed by atoms with Gasteiger partial charge < -0.3 is 9.47 Å². The summed E-state index contributed by atoms with van der Waals surface area (Å²) in [5, 5.41) is 0. The van der Waals surface area contributed by atoms with Gasteiger partial charge in [0.2, 0.25) is 5.91 Å². The molecule has 1 aromatic heterocycles. The second-order valence-corrected chi connectivity index (χ2v) is 10.1. The lowest BCUT2D eigenvalue weighted by atomic mass is 9.79. The highest BCUT2D eigenvalue weighted by atomic mass is 32.2. The minimum atomic E-state index is 0.0937. The van der Waals surface area contributed by atoms with Gasteiger partial charge in [0.25, 0.3) is 5.56 Å². The van der Waals surface area contributed by atoms with Crippen LogP contribution in [0.25, 0.3) is 11.1 Å². The Hall–Kier alpha value is -2.01. The third-order valence-electron chi connectivity index (χ3n) is 7.26. The van der Waals surface area contributed by atoms with Crippen molar-refractivity contribution in [2.24, 2.45) is 11.8 Å². The lowest BCUT2D eigenvalue weighted by molar-refractivity contribution is -0.139. The number of rotatable bonds is 3. The smallest absolute Gasteiger partial charge is 0.250 e. The normalized spacial score (nSPS) is 23.8. The Morgan fingerprint density at radius 3 is 2.47 bits per heavy atom. The molecule has 1 amide bonds. The van der Waals surface area contributed by atoms with Crippen LogP contribution in [0, 0.1) is 11.8 Å². The molecule has 1 saturated carbocycles. The maximum atomic E-state index is 13.2. The molecule has 1 aliphatic carbocycles. The van der Waals surface area contributed by atoms with Gasteiger partial charge in [0, 0.05) is 53.7 Å². The molecule has 0 radical (unpaired) electrons. The van der Waals surface area contributed by atoms with Crippen molar-refractivity contribution in [1.82, 2.24) is 9.47 Å². The molecule has 0 N–H and O–H groups in total. The summed E-state index contributed by atoms with van der Waals surface area (Å²) in [7, 11) is 0. The number of hydrogen-bond donors (Lipinski definition) is 0. The molecule has 2 fully saturated rings. The Morgan fingerprint density at radius 2 is 1.73 bits per heavy atom. The summed E-state index contributed by atoms with van der Waals surface area (Å²) in [6.45, 7) is 2.30. The van der Waals surface area contributed by atoms with Gasteiger partial charge in [-0.3, -0.25) is 9.59 Å². The summed E-state index contributed by atoms with van der Waals surface area (Å²) in [5.74, 6) is 1.21. The van der Waals surface area contributed by atoms with Crippen LogP contribution in [0.1, 0.15) is 50.1 Å². The van der Waals surface area contributed by atoms with E-state index >= 15 is 0 Å². The molecule has 30 heavy (non-hydrogen) atoms. The summed E-state index contributed by atoms with van der Waals surface area (Å²) >= 11 is 1.74. The number of carbonyl (C=O) groups is 1. The van der Waals surface area contributed by atoms with E-state index in [4.69, 9.17) is 0 Å². The first kappa shape index (κ1) is 19.9. The third-order valence-corrected chi connectivity index (χ3v) is 8.00. The average molecular weight is 423 g/mol. The van der Waals surface area contributed by atoms with Crippen LogP contribution in [-0.4, -0.2) is 34.7 Å². The van der Waals surface area contributed by atoms with Gasteiger partial charge in [0.1, 0.15) is 0 Å². The molecule has 2 aromatic rings. The quantitative estimate of drug-likeness (QED) is 0.670. The van der Waals surface area contributed by atoms with E-state index < -0.39 is 0 Å². The number of pyridine rings is 1. The monoisotopic (exact) mass is 422 g/mol. The lowest BCUT2D eigenvalue weighted by Gasteiger charge is -2.44. The number of piperidine rings is 1. The van der Waals surface area contributed by atoms with Crippen LogP contribution >= 0.6 is 11.8 Å². The fraction of sp³-hybridized carbons (Fsp3) is 0.520. The molecule has 2 atom stereocenters. The molecule has 2 aliphatic heterocycles. The largest absolute Gasteiger partial charge is 0.341 e. The second kappa shape index (κ2) is 8.26. The molecule has 1 aromatic carbocycles. The topological polar surface area (TPSA) is 42.3 Å². The highest BCUT2D eigenvalue weighted by Gasteiger charge is 2.39. The number of thioether (sulfide) groups is 1. The van der Waals surface area contributed by atoms with Crippen LogP contribution in [0.4, 0.5) is 0 Å². The number of aromatic nitrogens is 1. The standard InChI is InChI=1S/C25H30N2O2S/c1-30-21-9-7-18(8-10-21)22-11-12-23(28)27-15-17-13-20(24(22)27)16-26(14-17)25(29)19-5-3-2-4-6-19/h7-12,17,19-20H,2-6,13-16H2,1H3/t17-,20-/m0/s1. The van der Waals surface area contributed by atoms with E-state index in [1.165, 1.54) is 24.2 Å². The highest BCUT2D eigenvalue weighted by molar-refractivity contribution is 7.98. The van der Waals surface area contributed by atoms with Crippen molar-refractivity contribution in [2.45, 2.75) is 55.9 Å². The van der Waals surface area contributed by atoms with Crippen molar-refractivity contribution in [3.05, 3.63) is 52.4 Å². The number of fused-ring (bicyclic) bond motifs is 4. The molecule has 4 nitrogen and oxygen atoms in total. The van der Waals surface area contributed by atoms with Gasteiger partial charge in [-0.05, 0) is 55.2 Å². The summed E-state index contributed by atoms with van der Waals surface area (Å²) in [5.41, 5.74) is 3.54. The van der Waals surface area contributed by atoms with E-state index in [0.29, 0.717) is 11.8 Å². The van der Waals surface area contributed by atoms with Gasteiger partial charge in [0.15, 0.2) is 0 Å². The third kappa shape index (κ3) is 3.62. The van der Waals surface area contributed by atoms with Gasteiger partial charge in [0.05, 0.1) is 0 Å². The van der Waals surface area contributed by atoms with Gasteiger partial charge in [-0.15, -0.1) is 11.8 Å². The first-order chi connectivity index (χ1) is 14.6. The maximum absolute atomic E-state index is 13.2. The molecule has 0 spiro atoms. The predicted molar refractivity (Wildman–Crippen MR) is 122 cm³/mol. The Morgan fingerprint density at radius 1 is 0.967 bits per heavy atom. The van der Waals surface area contributed by atoms with E-state index in [1.54, 1.807) is 17.8 Å². The Kier molecular flexibility index (Phi) is 5.48. The van der Waals surface area contributed by atoms with Crippen molar-refractivity contribution >= 4 is 17.7 Å². The van der Waals surface area contributed by atoms with Gasteiger partial charge in [-0.25, -0.2) is 0 Å². The molecule has 3 aliphatic rings. The number of amides is 1. The van der Waals surface area contributed by atoms with Gasteiger partial charge >= 0.3 is 0 Å².